The van der Waals surface area contributed by atoms with Crippen LogP contribution in [0.3, 0.4) is 0 Å². The van der Waals surface area contributed by atoms with Crippen molar-refractivity contribution in [3.63, 3.8) is 0 Å². The van der Waals surface area contributed by atoms with Gasteiger partial charge in [0.15, 0.2) is 0 Å². The van der Waals surface area contributed by atoms with Gasteiger partial charge in [-0.05, 0) is 61.1 Å². The zero-order valence-corrected chi connectivity index (χ0v) is 13.6. The van der Waals surface area contributed by atoms with Crippen molar-refractivity contribution in [3.05, 3.63) is 30.1 Å². The Balaban J connectivity index is 1.72. The first kappa shape index (κ1) is 16.0. The maximum atomic E-state index is 12.1. The van der Waals surface area contributed by atoms with Crippen LogP contribution in [-0.4, -0.2) is 16.9 Å². The van der Waals surface area contributed by atoms with E-state index >= 15 is 0 Å². The highest BCUT2D eigenvalue weighted by Gasteiger charge is 2.25. The van der Waals surface area contributed by atoms with Gasteiger partial charge in [-0.3, -0.25) is 9.78 Å². The fourth-order valence-corrected chi connectivity index (χ4v) is 3.34. The van der Waals surface area contributed by atoms with Gasteiger partial charge >= 0.3 is 0 Å². The molecule has 0 aliphatic heterocycles. The third kappa shape index (κ3) is 5.86. The Bertz CT molecular complexity index is 442. The maximum absolute atomic E-state index is 12.1. The third-order valence-electron chi connectivity index (χ3n) is 4.23. The molecule has 0 unspecified atom stereocenters. The third-order valence-corrected chi connectivity index (χ3v) is 4.23. The van der Waals surface area contributed by atoms with Gasteiger partial charge in [-0.1, -0.05) is 20.8 Å². The lowest BCUT2D eigenvalue weighted by Gasteiger charge is -2.33. The molecule has 0 saturated heterocycles. The molecule has 0 atom stereocenters. The van der Waals surface area contributed by atoms with Crippen molar-refractivity contribution in [2.24, 2.45) is 11.3 Å². The van der Waals surface area contributed by atoms with Crippen LogP contribution in [0.25, 0.3) is 0 Å². The van der Waals surface area contributed by atoms with E-state index in [1.807, 2.05) is 12.1 Å². The van der Waals surface area contributed by atoms with E-state index in [9.17, 15) is 4.79 Å². The number of nitrogens with zero attached hydrogens (tertiary/aromatic N) is 1. The van der Waals surface area contributed by atoms with Gasteiger partial charge in [0.1, 0.15) is 0 Å². The van der Waals surface area contributed by atoms with Crippen LogP contribution in [0, 0.1) is 11.3 Å². The largest absolute Gasteiger partial charge is 0.353 e. The Morgan fingerprint density at radius 1 is 1.19 bits per heavy atom. The quantitative estimate of drug-likeness (QED) is 0.917. The fourth-order valence-electron chi connectivity index (χ4n) is 3.34. The highest BCUT2D eigenvalue weighted by Crippen LogP contribution is 2.34. The summed E-state index contributed by atoms with van der Waals surface area (Å²) in [6.07, 6.45) is 9.98. The van der Waals surface area contributed by atoms with E-state index < -0.39 is 0 Å². The number of nitrogens with one attached hydrogen (secondary N) is 1. The molecule has 1 aliphatic rings. The molecule has 116 valence electrons. The molecule has 1 aliphatic carbocycles. The van der Waals surface area contributed by atoms with Gasteiger partial charge in [0.2, 0.25) is 5.91 Å². The molecule has 1 saturated carbocycles. The summed E-state index contributed by atoms with van der Waals surface area (Å²) in [6, 6.07) is 4.18. The van der Waals surface area contributed by atoms with E-state index in [0.717, 1.165) is 24.3 Å². The van der Waals surface area contributed by atoms with E-state index in [0.29, 0.717) is 17.9 Å². The van der Waals surface area contributed by atoms with Crippen LogP contribution in [0.15, 0.2) is 24.5 Å². The van der Waals surface area contributed by atoms with Crippen molar-refractivity contribution < 1.29 is 4.79 Å². The number of hydrogen-bond donors (Lipinski definition) is 1. The summed E-state index contributed by atoms with van der Waals surface area (Å²) < 4.78 is 0. The number of aromatic nitrogens is 1. The lowest BCUT2D eigenvalue weighted by Crippen LogP contribution is -2.38. The summed E-state index contributed by atoms with van der Waals surface area (Å²) >= 11 is 0. The van der Waals surface area contributed by atoms with Gasteiger partial charge in [-0.15, -0.1) is 0 Å². The minimum atomic E-state index is 0.139. The Kier molecular flexibility index (Phi) is 5.38. The molecule has 0 bridgehead atoms. The predicted octanol–water partition coefficient (Wildman–Crippen LogP) is 3.74. The van der Waals surface area contributed by atoms with Crippen molar-refractivity contribution in [2.75, 3.05) is 0 Å². The fraction of sp³-hybridized carbons (Fsp3) is 0.667. The summed E-state index contributed by atoms with van der Waals surface area (Å²) in [4.78, 5) is 16.0. The SMILES string of the molecule is CC(C)(C)CC1CCC(NC(=O)Cc2ccncc2)CC1. The molecule has 2 rings (SSSR count). The monoisotopic (exact) mass is 288 g/mol. The predicted molar refractivity (Wildman–Crippen MR) is 85.9 cm³/mol. The highest BCUT2D eigenvalue weighted by atomic mass is 16.1. The lowest BCUT2D eigenvalue weighted by atomic mass is 9.76. The molecule has 0 aromatic carbocycles. The van der Waals surface area contributed by atoms with E-state index in [1.54, 1.807) is 12.4 Å². The molecule has 1 aromatic heterocycles. The summed E-state index contributed by atoms with van der Waals surface area (Å²) in [5.74, 6) is 0.971. The highest BCUT2D eigenvalue weighted by molar-refractivity contribution is 5.78. The molecule has 3 heteroatoms. The zero-order valence-electron chi connectivity index (χ0n) is 13.6. The first-order valence-electron chi connectivity index (χ1n) is 8.11. The Hall–Kier alpha value is -1.38. The first-order valence-corrected chi connectivity index (χ1v) is 8.11. The lowest BCUT2D eigenvalue weighted by molar-refractivity contribution is -0.121. The number of rotatable bonds is 4. The molecule has 3 nitrogen and oxygen atoms in total. The molecule has 0 spiro atoms. The first-order chi connectivity index (χ1) is 9.92. The Morgan fingerprint density at radius 3 is 2.38 bits per heavy atom. The minimum absolute atomic E-state index is 0.139. The summed E-state index contributed by atoms with van der Waals surface area (Å²) in [5, 5.41) is 3.19. The Morgan fingerprint density at radius 2 is 1.81 bits per heavy atom. The van der Waals surface area contributed by atoms with Crippen molar-refractivity contribution in [3.8, 4) is 0 Å². The average Bonchev–Trinajstić information content (AvgIpc) is 2.40. The van der Waals surface area contributed by atoms with Gasteiger partial charge in [-0.25, -0.2) is 0 Å². The van der Waals surface area contributed by atoms with Gasteiger partial charge < -0.3 is 5.32 Å². The van der Waals surface area contributed by atoms with Gasteiger partial charge in [0, 0.05) is 18.4 Å². The molecule has 1 N–H and O–H groups in total. The second-order valence-corrected chi connectivity index (χ2v) is 7.58. The van der Waals surface area contributed by atoms with Crippen molar-refractivity contribution in [2.45, 2.75) is 65.3 Å². The second kappa shape index (κ2) is 7.06. The standard InChI is InChI=1S/C18H28N2O/c1-18(2,3)13-15-4-6-16(7-5-15)20-17(21)12-14-8-10-19-11-9-14/h8-11,15-16H,4-7,12-13H2,1-3H3,(H,20,21). The molecular weight excluding hydrogens is 260 g/mol. The molecule has 1 aromatic rings. The van der Waals surface area contributed by atoms with E-state index in [1.165, 1.54) is 19.3 Å². The van der Waals surface area contributed by atoms with Gasteiger partial charge in [0.05, 0.1) is 6.42 Å². The zero-order chi connectivity index (χ0) is 15.3. The molecular formula is C18H28N2O. The second-order valence-electron chi connectivity index (χ2n) is 7.58. The minimum Gasteiger partial charge on any atom is -0.353 e. The number of hydrogen-bond acceptors (Lipinski definition) is 2. The van der Waals surface area contributed by atoms with Crippen molar-refractivity contribution >= 4 is 5.91 Å². The maximum Gasteiger partial charge on any atom is 0.224 e. The smallest absolute Gasteiger partial charge is 0.224 e. The molecule has 0 radical (unpaired) electrons. The topological polar surface area (TPSA) is 42.0 Å². The number of carbonyl (C=O) groups is 1. The van der Waals surface area contributed by atoms with Crippen LogP contribution in [0.5, 0.6) is 0 Å². The summed E-state index contributed by atoms with van der Waals surface area (Å²) in [7, 11) is 0. The summed E-state index contributed by atoms with van der Waals surface area (Å²) in [5.41, 5.74) is 1.45. The summed E-state index contributed by atoms with van der Waals surface area (Å²) in [6.45, 7) is 6.95. The van der Waals surface area contributed by atoms with Crippen molar-refractivity contribution in [1.82, 2.24) is 10.3 Å². The van der Waals surface area contributed by atoms with E-state index in [2.05, 4.69) is 31.1 Å². The number of amides is 1. The number of carbonyl (C=O) groups excluding carboxylic acids is 1. The number of pyridine rings is 1. The van der Waals surface area contributed by atoms with Gasteiger partial charge in [-0.2, -0.15) is 0 Å². The van der Waals surface area contributed by atoms with E-state index in [4.69, 9.17) is 0 Å². The molecule has 21 heavy (non-hydrogen) atoms. The normalized spacial score (nSPS) is 22.8. The molecule has 1 heterocycles. The Labute approximate surface area is 128 Å². The van der Waals surface area contributed by atoms with Crippen LogP contribution < -0.4 is 5.32 Å². The van der Waals surface area contributed by atoms with Crippen molar-refractivity contribution in [1.29, 1.82) is 0 Å². The van der Waals surface area contributed by atoms with E-state index in [-0.39, 0.29) is 5.91 Å². The van der Waals surface area contributed by atoms with Crippen LogP contribution in [0.1, 0.15) is 58.4 Å². The molecule has 1 fully saturated rings. The average molecular weight is 288 g/mol. The van der Waals surface area contributed by atoms with Crippen LogP contribution in [0.4, 0.5) is 0 Å². The van der Waals surface area contributed by atoms with Crippen LogP contribution >= 0.6 is 0 Å². The van der Waals surface area contributed by atoms with Crippen LogP contribution in [0.2, 0.25) is 0 Å². The molecule has 1 amide bonds. The van der Waals surface area contributed by atoms with Crippen LogP contribution in [-0.2, 0) is 11.2 Å². The van der Waals surface area contributed by atoms with Gasteiger partial charge in [0.25, 0.3) is 0 Å².